The van der Waals surface area contributed by atoms with Gasteiger partial charge < -0.3 is 16.0 Å². The summed E-state index contributed by atoms with van der Waals surface area (Å²) in [5.74, 6) is -0.394. The monoisotopic (exact) mass is 245 g/mol. The van der Waals surface area contributed by atoms with Gasteiger partial charge in [-0.15, -0.1) is 12.4 Å². The first-order valence-corrected chi connectivity index (χ1v) is 4.75. The van der Waals surface area contributed by atoms with Gasteiger partial charge >= 0.3 is 0 Å². The number of hydrogen-bond donors (Lipinski definition) is 3. The van der Waals surface area contributed by atoms with Crippen LogP contribution >= 0.6 is 12.4 Å². The number of aromatic nitrogens is 1. The summed E-state index contributed by atoms with van der Waals surface area (Å²) < 4.78 is 0. The number of halogens is 1. The van der Waals surface area contributed by atoms with E-state index in [1.165, 1.54) is 6.07 Å². The molecule has 0 aliphatic carbocycles. The molecule has 6 heteroatoms. The largest absolute Gasteiger partial charge is 0.348 e. The van der Waals surface area contributed by atoms with Crippen LogP contribution in [0.15, 0.2) is 16.9 Å². The van der Waals surface area contributed by atoms with Gasteiger partial charge in [-0.3, -0.25) is 9.59 Å². The number of nitrogens with two attached hydrogens (primary N) is 1. The lowest BCUT2D eigenvalue weighted by molar-refractivity contribution is 0.0939. The van der Waals surface area contributed by atoms with Gasteiger partial charge in [-0.25, -0.2) is 0 Å². The van der Waals surface area contributed by atoms with Gasteiger partial charge in [0.15, 0.2) is 0 Å². The van der Waals surface area contributed by atoms with Crippen molar-refractivity contribution in [2.45, 2.75) is 19.9 Å². The predicted molar refractivity (Wildman–Crippen MR) is 65.0 cm³/mol. The van der Waals surface area contributed by atoms with E-state index in [1.807, 2.05) is 0 Å². The van der Waals surface area contributed by atoms with E-state index in [0.717, 1.165) is 5.69 Å². The third-order valence-corrected chi connectivity index (χ3v) is 2.03. The number of aromatic amines is 1. The van der Waals surface area contributed by atoms with Crippen molar-refractivity contribution >= 4 is 18.3 Å². The third kappa shape index (κ3) is 3.67. The van der Waals surface area contributed by atoms with Crippen molar-refractivity contribution in [2.75, 3.05) is 6.54 Å². The van der Waals surface area contributed by atoms with E-state index in [2.05, 4.69) is 10.3 Å². The summed E-state index contributed by atoms with van der Waals surface area (Å²) >= 11 is 0. The zero-order valence-electron chi connectivity index (χ0n) is 9.24. The average molecular weight is 246 g/mol. The first-order valence-electron chi connectivity index (χ1n) is 4.75. The molecule has 1 rings (SSSR count). The number of carbonyl (C=O) groups is 1. The minimum absolute atomic E-state index is 0. The Morgan fingerprint density at radius 2 is 2.19 bits per heavy atom. The maximum absolute atomic E-state index is 11.6. The van der Waals surface area contributed by atoms with Crippen molar-refractivity contribution in [3.8, 4) is 0 Å². The molecule has 16 heavy (non-hydrogen) atoms. The summed E-state index contributed by atoms with van der Waals surface area (Å²) in [6, 6.07) is 3.05. The van der Waals surface area contributed by atoms with Gasteiger partial charge in [-0.2, -0.15) is 0 Å². The predicted octanol–water partition coefficient (Wildman–Crippen LogP) is 0.182. The Morgan fingerprint density at radius 3 is 2.69 bits per heavy atom. The molecule has 1 amide bonds. The summed E-state index contributed by atoms with van der Waals surface area (Å²) in [5, 5.41) is 2.62. The van der Waals surface area contributed by atoms with Crippen molar-refractivity contribution in [1.29, 1.82) is 0 Å². The number of amides is 1. The summed E-state index contributed by atoms with van der Waals surface area (Å²) in [6.45, 7) is 3.88. The van der Waals surface area contributed by atoms with Gasteiger partial charge in [0.2, 0.25) is 0 Å². The molecule has 5 nitrogen and oxygen atoms in total. The molecule has 1 atom stereocenters. The Balaban J connectivity index is 0.00000225. The quantitative estimate of drug-likeness (QED) is 0.710. The number of hydrogen-bond acceptors (Lipinski definition) is 3. The summed E-state index contributed by atoms with van der Waals surface area (Å²) in [5.41, 5.74) is 5.82. The van der Waals surface area contributed by atoms with Crippen LogP contribution in [0, 0.1) is 6.92 Å². The summed E-state index contributed by atoms with van der Waals surface area (Å²) in [6.07, 6.45) is 0. The molecule has 0 bridgehead atoms. The molecular weight excluding hydrogens is 230 g/mol. The molecule has 0 unspecified atom stereocenters. The molecule has 1 heterocycles. The summed E-state index contributed by atoms with van der Waals surface area (Å²) in [4.78, 5) is 25.5. The second kappa shape index (κ2) is 6.30. The van der Waals surface area contributed by atoms with Crippen LogP contribution in [0.1, 0.15) is 23.0 Å². The van der Waals surface area contributed by atoms with Crippen LogP contribution < -0.4 is 16.6 Å². The Labute approximate surface area is 99.8 Å². The van der Waals surface area contributed by atoms with E-state index in [0.29, 0.717) is 6.54 Å². The molecule has 0 fully saturated rings. The smallest absolute Gasteiger partial charge is 0.260 e. The van der Waals surface area contributed by atoms with E-state index >= 15 is 0 Å². The lowest BCUT2D eigenvalue weighted by Crippen LogP contribution is -2.40. The van der Waals surface area contributed by atoms with Crippen molar-refractivity contribution in [3.63, 3.8) is 0 Å². The van der Waals surface area contributed by atoms with E-state index in [4.69, 9.17) is 5.73 Å². The molecule has 1 aromatic heterocycles. The van der Waals surface area contributed by atoms with Crippen molar-refractivity contribution < 1.29 is 4.79 Å². The van der Waals surface area contributed by atoms with Crippen molar-refractivity contribution in [2.24, 2.45) is 5.73 Å². The number of carbonyl (C=O) groups excluding carboxylic acids is 1. The standard InChI is InChI=1S/C10H15N3O2.ClH/c1-6-3-4-8(9(14)12-6)10(15)13-7(2)5-11;/h3-4,7H,5,11H2,1-2H3,(H,12,14)(H,13,15);1H/t7-;/m1./s1. The molecule has 0 saturated carbocycles. The fourth-order valence-electron chi connectivity index (χ4n) is 1.11. The van der Waals surface area contributed by atoms with Crippen LogP contribution in [0.25, 0.3) is 0 Å². The van der Waals surface area contributed by atoms with E-state index < -0.39 is 5.91 Å². The maximum Gasteiger partial charge on any atom is 0.260 e. The van der Waals surface area contributed by atoms with Crippen LogP contribution in [0.5, 0.6) is 0 Å². The highest BCUT2D eigenvalue weighted by atomic mass is 35.5. The second-order valence-electron chi connectivity index (χ2n) is 3.49. The normalized spacial score (nSPS) is 11.4. The molecule has 90 valence electrons. The minimum atomic E-state index is -0.394. The first kappa shape index (κ1) is 14.7. The van der Waals surface area contributed by atoms with Crippen LogP contribution in [0.4, 0.5) is 0 Å². The van der Waals surface area contributed by atoms with Crippen LogP contribution in [-0.2, 0) is 0 Å². The molecule has 4 N–H and O–H groups in total. The molecule has 0 aliphatic rings. The van der Waals surface area contributed by atoms with E-state index in [-0.39, 0.29) is 29.6 Å². The summed E-state index contributed by atoms with van der Waals surface area (Å²) in [7, 11) is 0. The number of aryl methyl sites for hydroxylation is 1. The van der Waals surface area contributed by atoms with Gasteiger partial charge in [0.1, 0.15) is 5.56 Å². The van der Waals surface area contributed by atoms with Gasteiger partial charge in [0, 0.05) is 18.3 Å². The fraction of sp³-hybridized carbons (Fsp3) is 0.400. The number of rotatable bonds is 3. The van der Waals surface area contributed by atoms with Crippen LogP contribution in [0.3, 0.4) is 0 Å². The Bertz CT molecular complexity index is 417. The highest BCUT2D eigenvalue weighted by molar-refractivity contribution is 5.93. The Kier molecular flexibility index (Phi) is 5.77. The van der Waals surface area contributed by atoms with Gasteiger partial charge in [0.05, 0.1) is 0 Å². The molecule has 0 aromatic carbocycles. The molecular formula is C10H16ClN3O2. The fourth-order valence-corrected chi connectivity index (χ4v) is 1.11. The molecule has 0 spiro atoms. The van der Waals surface area contributed by atoms with Gasteiger partial charge in [-0.1, -0.05) is 0 Å². The van der Waals surface area contributed by atoms with Crippen LogP contribution in [-0.4, -0.2) is 23.5 Å². The molecule has 0 radical (unpaired) electrons. The topological polar surface area (TPSA) is 88.0 Å². The molecule has 1 aromatic rings. The van der Waals surface area contributed by atoms with Crippen molar-refractivity contribution in [3.05, 3.63) is 33.7 Å². The molecule has 0 aliphatic heterocycles. The minimum Gasteiger partial charge on any atom is -0.348 e. The SMILES string of the molecule is Cc1ccc(C(=O)N[C@H](C)CN)c(=O)[nH]1.Cl. The van der Waals surface area contributed by atoms with Gasteiger partial charge in [-0.05, 0) is 26.0 Å². The Hall–Kier alpha value is -1.33. The van der Waals surface area contributed by atoms with Crippen LogP contribution in [0.2, 0.25) is 0 Å². The first-order chi connectivity index (χ1) is 7.04. The zero-order chi connectivity index (χ0) is 11.4. The number of pyridine rings is 1. The number of H-pyrrole nitrogens is 1. The number of nitrogens with one attached hydrogen (secondary N) is 2. The van der Waals surface area contributed by atoms with Crippen molar-refractivity contribution in [1.82, 2.24) is 10.3 Å². The second-order valence-corrected chi connectivity index (χ2v) is 3.49. The Morgan fingerprint density at radius 1 is 1.56 bits per heavy atom. The average Bonchev–Trinajstić information content (AvgIpc) is 2.17. The lowest BCUT2D eigenvalue weighted by Gasteiger charge is -2.10. The highest BCUT2D eigenvalue weighted by Gasteiger charge is 2.11. The maximum atomic E-state index is 11.6. The highest BCUT2D eigenvalue weighted by Crippen LogP contribution is 1.94. The lowest BCUT2D eigenvalue weighted by atomic mass is 10.2. The zero-order valence-corrected chi connectivity index (χ0v) is 10.1. The van der Waals surface area contributed by atoms with E-state index in [1.54, 1.807) is 19.9 Å². The molecule has 0 saturated heterocycles. The van der Waals surface area contributed by atoms with Gasteiger partial charge in [0.25, 0.3) is 11.5 Å². The van der Waals surface area contributed by atoms with E-state index in [9.17, 15) is 9.59 Å². The third-order valence-electron chi connectivity index (χ3n) is 2.03.